The van der Waals surface area contributed by atoms with Crippen LogP contribution in [0, 0.1) is 6.92 Å². The van der Waals surface area contributed by atoms with Crippen LogP contribution in [-0.2, 0) is 13.0 Å². The second-order valence-corrected chi connectivity index (χ2v) is 8.89. The molecule has 1 heterocycles. The van der Waals surface area contributed by atoms with Gasteiger partial charge in [-0.25, -0.2) is 0 Å². The number of benzene rings is 3. The van der Waals surface area contributed by atoms with E-state index in [1.165, 1.54) is 16.7 Å². The maximum absolute atomic E-state index is 6.62. The van der Waals surface area contributed by atoms with Crippen molar-refractivity contribution in [2.24, 2.45) is 5.73 Å². The molecular formula is C31H34N4O. The van der Waals surface area contributed by atoms with Crippen LogP contribution < -0.4 is 21.1 Å². The first-order valence-corrected chi connectivity index (χ1v) is 12.2. The monoisotopic (exact) mass is 478 g/mol. The maximum atomic E-state index is 6.62. The Labute approximate surface area is 214 Å². The van der Waals surface area contributed by atoms with Crippen LogP contribution in [0.3, 0.4) is 0 Å². The molecule has 4 N–H and O–H groups in total. The van der Waals surface area contributed by atoms with E-state index in [1.807, 2.05) is 24.4 Å². The number of anilines is 1. The fourth-order valence-electron chi connectivity index (χ4n) is 3.96. The summed E-state index contributed by atoms with van der Waals surface area (Å²) in [5, 5.41) is 7.04. The summed E-state index contributed by atoms with van der Waals surface area (Å²) in [6.07, 6.45) is 5.15. The van der Waals surface area contributed by atoms with Gasteiger partial charge in [-0.3, -0.25) is 4.98 Å². The summed E-state index contributed by atoms with van der Waals surface area (Å²) in [5.74, 6) is 0.859. The summed E-state index contributed by atoms with van der Waals surface area (Å²) in [6, 6.07) is 29.2. The van der Waals surface area contributed by atoms with Gasteiger partial charge in [-0.15, -0.1) is 0 Å². The van der Waals surface area contributed by atoms with Crippen molar-refractivity contribution in [1.29, 1.82) is 0 Å². The zero-order chi connectivity index (χ0) is 25.2. The van der Waals surface area contributed by atoms with E-state index in [0.29, 0.717) is 0 Å². The summed E-state index contributed by atoms with van der Waals surface area (Å²) in [6.45, 7) is 3.65. The number of nitrogens with zero attached hydrogens (tertiary/aromatic N) is 1. The van der Waals surface area contributed by atoms with E-state index in [9.17, 15) is 0 Å². The van der Waals surface area contributed by atoms with Crippen LogP contribution in [0.5, 0.6) is 5.75 Å². The summed E-state index contributed by atoms with van der Waals surface area (Å²) >= 11 is 0. The van der Waals surface area contributed by atoms with Crippen molar-refractivity contribution < 1.29 is 4.74 Å². The molecule has 0 saturated heterocycles. The number of aromatic nitrogens is 1. The Morgan fingerprint density at radius 2 is 1.56 bits per heavy atom. The van der Waals surface area contributed by atoms with Crippen molar-refractivity contribution in [2.75, 3.05) is 19.0 Å². The van der Waals surface area contributed by atoms with Crippen LogP contribution >= 0.6 is 0 Å². The molecule has 0 spiro atoms. The Balaban J connectivity index is 1.45. The Kier molecular flexibility index (Phi) is 8.73. The molecule has 36 heavy (non-hydrogen) atoms. The molecule has 0 aliphatic carbocycles. The molecule has 5 heteroatoms. The third kappa shape index (κ3) is 7.20. The first-order chi connectivity index (χ1) is 17.6. The number of nitrogens with one attached hydrogen (secondary N) is 2. The molecule has 1 aromatic heterocycles. The van der Waals surface area contributed by atoms with Crippen molar-refractivity contribution in [3.05, 3.63) is 125 Å². The lowest BCUT2D eigenvalue weighted by Crippen LogP contribution is -2.20. The third-order valence-electron chi connectivity index (χ3n) is 6.12. The molecule has 0 radical (unpaired) electrons. The van der Waals surface area contributed by atoms with Gasteiger partial charge in [0, 0.05) is 55.4 Å². The summed E-state index contributed by atoms with van der Waals surface area (Å²) in [7, 11) is 1.68. The van der Waals surface area contributed by atoms with Crippen LogP contribution in [-0.4, -0.2) is 18.6 Å². The largest absolute Gasteiger partial charge is 0.497 e. The van der Waals surface area contributed by atoms with Gasteiger partial charge in [0.1, 0.15) is 5.75 Å². The van der Waals surface area contributed by atoms with E-state index in [4.69, 9.17) is 10.5 Å². The molecule has 0 aliphatic heterocycles. The third-order valence-corrected chi connectivity index (χ3v) is 6.12. The Morgan fingerprint density at radius 1 is 0.861 bits per heavy atom. The molecule has 0 unspecified atom stereocenters. The standard InChI is InChI=1S/C31H34N4O/c1-23-5-13-28(14-6-23)35-31(30(32)17-19-34-22-25-4-3-18-33-21-25)20-24-7-9-26(10-8-24)27-11-15-29(36-2)16-12-27/h3-16,18,21,34-35H,17,19-20,22,32H2,1-2H3/b31-30-. The van der Waals surface area contributed by atoms with Gasteiger partial charge in [-0.2, -0.15) is 0 Å². The lowest BCUT2D eigenvalue weighted by atomic mass is 10.0. The molecule has 0 saturated carbocycles. The van der Waals surface area contributed by atoms with Crippen LogP contribution in [0.2, 0.25) is 0 Å². The number of ether oxygens (including phenoxy) is 1. The van der Waals surface area contributed by atoms with Crippen LogP contribution in [0.4, 0.5) is 5.69 Å². The molecule has 4 aromatic rings. The Bertz CT molecular complexity index is 1250. The van der Waals surface area contributed by atoms with Crippen molar-refractivity contribution in [2.45, 2.75) is 26.3 Å². The highest BCUT2D eigenvalue weighted by Gasteiger charge is 2.08. The van der Waals surface area contributed by atoms with Crippen molar-refractivity contribution in [1.82, 2.24) is 10.3 Å². The highest BCUT2D eigenvalue weighted by atomic mass is 16.5. The van der Waals surface area contributed by atoms with Gasteiger partial charge in [-0.05, 0) is 59.5 Å². The molecule has 0 aliphatic rings. The van der Waals surface area contributed by atoms with Crippen LogP contribution in [0.1, 0.15) is 23.1 Å². The van der Waals surface area contributed by atoms with E-state index >= 15 is 0 Å². The molecule has 3 aromatic carbocycles. The van der Waals surface area contributed by atoms with E-state index < -0.39 is 0 Å². The molecule has 5 nitrogen and oxygen atoms in total. The topological polar surface area (TPSA) is 72.2 Å². The van der Waals surface area contributed by atoms with Crippen molar-refractivity contribution in [3.8, 4) is 16.9 Å². The highest BCUT2D eigenvalue weighted by Crippen LogP contribution is 2.24. The average molecular weight is 479 g/mol. The molecule has 4 rings (SSSR count). The number of nitrogens with two attached hydrogens (primary N) is 1. The van der Waals surface area contributed by atoms with Gasteiger partial charge in [0.15, 0.2) is 0 Å². The first-order valence-electron chi connectivity index (χ1n) is 12.2. The van der Waals surface area contributed by atoms with E-state index in [-0.39, 0.29) is 0 Å². The normalized spacial score (nSPS) is 11.6. The second kappa shape index (κ2) is 12.6. The fourth-order valence-corrected chi connectivity index (χ4v) is 3.96. The number of pyridine rings is 1. The summed E-state index contributed by atoms with van der Waals surface area (Å²) in [5.41, 5.74) is 15.5. The number of allylic oxidation sites excluding steroid dienone is 1. The predicted molar refractivity (Wildman–Crippen MR) is 149 cm³/mol. The molecular weight excluding hydrogens is 444 g/mol. The average Bonchev–Trinajstić information content (AvgIpc) is 2.93. The molecule has 0 fully saturated rings. The number of hydrogen-bond acceptors (Lipinski definition) is 5. The van der Waals surface area contributed by atoms with Crippen LogP contribution in [0.25, 0.3) is 11.1 Å². The number of methoxy groups -OCH3 is 1. The van der Waals surface area contributed by atoms with Gasteiger partial charge >= 0.3 is 0 Å². The number of hydrogen-bond donors (Lipinski definition) is 3. The highest BCUT2D eigenvalue weighted by molar-refractivity contribution is 5.64. The minimum absolute atomic E-state index is 0.727. The molecule has 0 atom stereocenters. The van der Waals surface area contributed by atoms with Gasteiger partial charge in [0.05, 0.1) is 7.11 Å². The smallest absolute Gasteiger partial charge is 0.118 e. The van der Waals surface area contributed by atoms with E-state index in [2.05, 4.69) is 89.3 Å². The van der Waals surface area contributed by atoms with Gasteiger partial charge in [0.25, 0.3) is 0 Å². The minimum Gasteiger partial charge on any atom is -0.497 e. The molecule has 184 valence electrons. The lowest BCUT2D eigenvalue weighted by molar-refractivity contribution is 0.415. The zero-order valence-electron chi connectivity index (χ0n) is 21.0. The molecule has 0 bridgehead atoms. The second-order valence-electron chi connectivity index (χ2n) is 8.89. The quantitative estimate of drug-likeness (QED) is 0.228. The van der Waals surface area contributed by atoms with E-state index in [0.717, 1.165) is 59.9 Å². The van der Waals surface area contributed by atoms with Gasteiger partial charge in [0.2, 0.25) is 0 Å². The maximum Gasteiger partial charge on any atom is 0.118 e. The lowest BCUT2D eigenvalue weighted by Gasteiger charge is -2.16. The Hall–Kier alpha value is -4.09. The fraction of sp³-hybridized carbons (Fsp3) is 0.194. The molecule has 0 amide bonds. The predicted octanol–water partition coefficient (Wildman–Crippen LogP) is 6.07. The summed E-state index contributed by atoms with van der Waals surface area (Å²) < 4.78 is 5.27. The van der Waals surface area contributed by atoms with Crippen molar-refractivity contribution >= 4 is 5.69 Å². The van der Waals surface area contributed by atoms with Gasteiger partial charge < -0.3 is 21.1 Å². The number of aryl methyl sites for hydroxylation is 1. The zero-order valence-corrected chi connectivity index (χ0v) is 21.0. The summed E-state index contributed by atoms with van der Waals surface area (Å²) in [4.78, 5) is 4.17. The first kappa shape index (κ1) is 25.0. The van der Waals surface area contributed by atoms with Gasteiger partial charge in [-0.1, -0.05) is 60.2 Å². The SMILES string of the molecule is COc1ccc(-c2ccc(C/C(Nc3ccc(C)cc3)=C(/N)CCNCc3cccnc3)cc2)cc1. The Morgan fingerprint density at radius 3 is 2.19 bits per heavy atom. The minimum atomic E-state index is 0.727. The van der Waals surface area contributed by atoms with Crippen LogP contribution in [0.15, 0.2) is 109 Å². The van der Waals surface area contributed by atoms with E-state index in [1.54, 1.807) is 13.3 Å². The van der Waals surface area contributed by atoms with Crippen molar-refractivity contribution in [3.63, 3.8) is 0 Å². The number of rotatable bonds is 11.